The summed E-state index contributed by atoms with van der Waals surface area (Å²) in [6, 6.07) is 6.74. The van der Waals surface area contributed by atoms with Crippen molar-refractivity contribution < 1.29 is 23.5 Å². The summed E-state index contributed by atoms with van der Waals surface area (Å²) in [5.74, 6) is 0.386. The molecule has 1 N–H and O–H groups in total. The van der Waals surface area contributed by atoms with Gasteiger partial charge in [0, 0.05) is 12.2 Å². The molecule has 2 rings (SSSR count). The van der Waals surface area contributed by atoms with Gasteiger partial charge < -0.3 is 24.1 Å². The molecule has 134 valence electrons. The van der Waals surface area contributed by atoms with Crippen molar-refractivity contribution >= 4 is 17.7 Å². The lowest BCUT2D eigenvalue weighted by Gasteiger charge is -2.21. The number of carbonyl (C=O) groups is 2. The van der Waals surface area contributed by atoms with Crippen molar-refractivity contribution in [1.29, 1.82) is 0 Å². The number of ether oxygens (including phenoxy) is 2. The Morgan fingerprint density at radius 1 is 1.24 bits per heavy atom. The average molecular weight is 347 g/mol. The van der Waals surface area contributed by atoms with Gasteiger partial charge in [0.05, 0.1) is 20.8 Å². The maximum Gasteiger partial charge on any atom is 0.360 e. The Kier molecular flexibility index (Phi) is 6.39. The van der Waals surface area contributed by atoms with E-state index in [-0.39, 0.29) is 24.2 Å². The van der Waals surface area contributed by atoms with Crippen LogP contribution >= 0.6 is 0 Å². The molecule has 1 aromatic heterocycles. The maximum atomic E-state index is 12.5. The number of oxazole rings is 1. The van der Waals surface area contributed by atoms with Crippen LogP contribution in [-0.4, -0.2) is 42.6 Å². The highest BCUT2D eigenvalue weighted by Gasteiger charge is 2.18. The quantitative estimate of drug-likeness (QED) is 0.774. The van der Waals surface area contributed by atoms with Crippen molar-refractivity contribution in [3.05, 3.63) is 42.1 Å². The van der Waals surface area contributed by atoms with Gasteiger partial charge in [0.25, 0.3) is 0 Å². The van der Waals surface area contributed by atoms with Gasteiger partial charge in [0.1, 0.15) is 12.0 Å². The van der Waals surface area contributed by atoms with E-state index in [0.29, 0.717) is 18.0 Å². The van der Waals surface area contributed by atoms with E-state index in [0.717, 1.165) is 6.42 Å². The molecular weight excluding hydrogens is 326 g/mol. The van der Waals surface area contributed by atoms with Gasteiger partial charge in [0.2, 0.25) is 5.89 Å². The van der Waals surface area contributed by atoms with Crippen molar-refractivity contribution in [1.82, 2.24) is 9.88 Å². The van der Waals surface area contributed by atoms with Crippen LogP contribution in [0.2, 0.25) is 0 Å². The third-order valence-electron chi connectivity index (χ3n) is 3.39. The molecule has 0 aliphatic heterocycles. The standard InChI is InChI=1S/C17H21N3O5/c1-4-9-20(10-15-19-14(11-25-15)16(21)24-3)17(22)18-12-5-7-13(23-2)8-6-12/h5-8,11H,4,9-10H2,1-3H3,(H,18,22). The Hall–Kier alpha value is -3.03. The molecule has 0 aliphatic rings. The summed E-state index contributed by atoms with van der Waals surface area (Å²) in [7, 11) is 2.85. The molecule has 0 fully saturated rings. The summed E-state index contributed by atoms with van der Waals surface area (Å²) in [6.45, 7) is 2.62. The molecule has 2 amide bonds. The summed E-state index contributed by atoms with van der Waals surface area (Å²) in [5.41, 5.74) is 0.721. The largest absolute Gasteiger partial charge is 0.497 e. The van der Waals surface area contributed by atoms with Crippen molar-refractivity contribution in [2.24, 2.45) is 0 Å². The number of urea groups is 1. The maximum absolute atomic E-state index is 12.5. The zero-order valence-corrected chi connectivity index (χ0v) is 14.4. The number of amides is 2. The number of carbonyl (C=O) groups excluding carboxylic acids is 2. The summed E-state index contributed by atoms with van der Waals surface area (Å²) < 4.78 is 14.9. The number of nitrogens with one attached hydrogen (secondary N) is 1. The highest BCUT2D eigenvalue weighted by Crippen LogP contribution is 2.16. The lowest BCUT2D eigenvalue weighted by Crippen LogP contribution is -2.35. The molecule has 0 radical (unpaired) electrons. The van der Waals surface area contributed by atoms with Crippen LogP contribution < -0.4 is 10.1 Å². The molecular formula is C17H21N3O5. The second-order valence-electron chi connectivity index (χ2n) is 5.20. The van der Waals surface area contributed by atoms with Crippen LogP contribution in [0.5, 0.6) is 5.75 Å². The lowest BCUT2D eigenvalue weighted by molar-refractivity contribution is 0.0594. The molecule has 1 aromatic carbocycles. The van der Waals surface area contributed by atoms with Gasteiger partial charge in [-0.2, -0.15) is 0 Å². The van der Waals surface area contributed by atoms with E-state index in [4.69, 9.17) is 9.15 Å². The number of hydrogen-bond donors (Lipinski definition) is 1. The van der Waals surface area contributed by atoms with Crippen molar-refractivity contribution in [3.8, 4) is 5.75 Å². The van der Waals surface area contributed by atoms with Gasteiger partial charge in [-0.05, 0) is 30.7 Å². The number of nitrogens with zero attached hydrogens (tertiary/aromatic N) is 2. The first kappa shape index (κ1) is 18.3. The second-order valence-corrected chi connectivity index (χ2v) is 5.20. The SMILES string of the molecule is CCCN(Cc1nc(C(=O)OC)co1)C(=O)Nc1ccc(OC)cc1. The molecule has 0 saturated carbocycles. The van der Waals surface area contributed by atoms with Crippen LogP contribution in [0.1, 0.15) is 29.7 Å². The van der Waals surface area contributed by atoms with E-state index in [1.54, 1.807) is 36.3 Å². The molecule has 1 heterocycles. The van der Waals surface area contributed by atoms with Gasteiger partial charge in [-0.15, -0.1) is 0 Å². The number of anilines is 1. The molecule has 8 nitrogen and oxygen atoms in total. The van der Waals surface area contributed by atoms with Gasteiger partial charge in [0.15, 0.2) is 5.69 Å². The molecule has 0 unspecified atom stereocenters. The fourth-order valence-corrected chi connectivity index (χ4v) is 2.14. The summed E-state index contributed by atoms with van der Waals surface area (Å²) in [4.78, 5) is 29.5. The topological polar surface area (TPSA) is 93.9 Å². The molecule has 0 atom stereocenters. The smallest absolute Gasteiger partial charge is 0.360 e. The zero-order valence-electron chi connectivity index (χ0n) is 14.4. The normalized spacial score (nSPS) is 10.2. The highest BCUT2D eigenvalue weighted by atomic mass is 16.5. The van der Waals surface area contributed by atoms with Crippen LogP contribution in [0.3, 0.4) is 0 Å². The van der Waals surface area contributed by atoms with E-state index >= 15 is 0 Å². The summed E-state index contributed by atoms with van der Waals surface area (Å²) in [6.07, 6.45) is 1.98. The van der Waals surface area contributed by atoms with E-state index < -0.39 is 5.97 Å². The first-order valence-corrected chi connectivity index (χ1v) is 7.80. The first-order chi connectivity index (χ1) is 12.1. The minimum atomic E-state index is -0.584. The fraction of sp³-hybridized carbons (Fsp3) is 0.353. The molecule has 0 saturated heterocycles. The van der Waals surface area contributed by atoms with Gasteiger partial charge in [-0.3, -0.25) is 0 Å². The third-order valence-corrected chi connectivity index (χ3v) is 3.39. The number of benzene rings is 1. The van der Waals surface area contributed by atoms with Crippen LogP contribution in [0.25, 0.3) is 0 Å². The summed E-state index contributed by atoms with van der Waals surface area (Å²) >= 11 is 0. The number of aromatic nitrogens is 1. The Bertz CT molecular complexity index is 711. The summed E-state index contributed by atoms with van der Waals surface area (Å²) in [5, 5.41) is 2.81. The van der Waals surface area contributed by atoms with Crippen LogP contribution in [0.15, 0.2) is 34.9 Å². The molecule has 0 bridgehead atoms. The van der Waals surface area contributed by atoms with Gasteiger partial charge in [-0.1, -0.05) is 6.92 Å². The van der Waals surface area contributed by atoms with Crippen LogP contribution in [0, 0.1) is 0 Å². The molecule has 25 heavy (non-hydrogen) atoms. The van der Waals surface area contributed by atoms with E-state index in [9.17, 15) is 9.59 Å². The average Bonchev–Trinajstić information content (AvgIpc) is 3.10. The molecule has 8 heteroatoms. The number of methoxy groups -OCH3 is 2. The van der Waals surface area contributed by atoms with Crippen LogP contribution in [-0.2, 0) is 11.3 Å². The Balaban J connectivity index is 2.04. The zero-order chi connectivity index (χ0) is 18.2. The molecule has 0 spiro atoms. The van der Waals surface area contributed by atoms with Gasteiger partial charge in [-0.25, -0.2) is 14.6 Å². The predicted octanol–water partition coefficient (Wildman–Crippen LogP) is 2.91. The molecule has 2 aromatic rings. The fourth-order valence-electron chi connectivity index (χ4n) is 2.14. The Morgan fingerprint density at radius 2 is 1.96 bits per heavy atom. The van der Waals surface area contributed by atoms with Crippen LogP contribution in [0.4, 0.5) is 10.5 Å². The highest BCUT2D eigenvalue weighted by molar-refractivity contribution is 5.89. The van der Waals surface area contributed by atoms with E-state index in [2.05, 4.69) is 15.0 Å². The monoisotopic (exact) mass is 347 g/mol. The van der Waals surface area contributed by atoms with E-state index in [1.807, 2.05) is 6.92 Å². The Morgan fingerprint density at radius 3 is 2.56 bits per heavy atom. The van der Waals surface area contributed by atoms with Crippen molar-refractivity contribution in [2.75, 3.05) is 26.1 Å². The number of esters is 1. The Labute approximate surface area is 145 Å². The van der Waals surface area contributed by atoms with E-state index in [1.165, 1.54) is 13.4 Å². The molecule has 0 aliphatic carbocycles. The first-order valence-electron chi connectivity index (χ1n) is 7.80. The van der Waals surface area contributed by atoms with Crippen molar-refractivity contribution in [2.45, 2.75) is 19.9 Å². The third kappa shape index (κ3) is 4.97. The minimum Gasteiger partial charge on any atom is -0.497 e. The number of hydrogen-bond acceptors (Lipinski definition) is 6. The van der Waals surface area contributed by atoms with Gasteiger partial charge >= 0.3 is 12.0 Å². The van der Waals surface area contributed by atoms with Crippen molar-refractivity contribution in [3.63, 3.8) is 0 Å². The number of rotatable bonds is 7. The lowest BCUT2D eigenvalue weighted by atomic mass is 10.3. The minimum absolute atomic E-state index is 0.0736. The second kappa shape index (κ2) is 8.72. The predicted molar refractivity (Wildman–Crippen MR) is 90.6 cm³/mol.